The highest BCUT2D eigenvalue weighted by Gasteiger charge is 2.37. The maximum atomic E-state index is 11.8. The van der Waals surface area contributed by atoms with Gasteiger partial charge in [-0.3, -0.25) is 9.69 Å². The van der Waals surface area contributed by atoms with Crippen LogP contribution in [0.2, 0.25) is 0 Å². The normalized spacial score (nSPS) is 20.0. The minimum absolute atomic E-state index is 0.0627. The second-order valence-corrected chi connectivity index (χ2v) is 10.9. The molecule has 2 atom stereocenters. The molecule has 172 valence electrons. The largest absolute Gasteiger partial charge is 0.481 e. The number of benzene rings is 1. The van der Waals surface area contributed by atoms with Gasteiger partial charge in [0.2, 0.25) is 0 Å². The predicted octanol–water partition coefficient (Wildman–Crippen LogP) is 5.98. The number of carboxylic acid groups (broad SMARTS) is 1. The Hall–Kier alpha value is -2.77. The van der Waals surface area contributed by atoms with E-state index in [4.69, 9.17) is 9.40 Å². The number of fused-ring (bicyclic) bond motifs is 2. The van der Waals surface area contributed by atoms with Crippen LogP contribution in [0.15, 0.2) is 40.1 Å². The van der Waals surface area contributed by atoms with Crippen LogP contribution in [0.1, 0.15) is 38.6 Å². The van der Waals surface area contributed by atoms with Crippen LogP contribution >= 0.6 is 11.5 Å². The second-order valence-electron chi connectivity index (χ2n) is 10.3. The molecule has 1 aromatic carbocycles. The molecule has 0 amide bonds. The van der Waals surface area contributed by atoms with Gasteiger partial charge >= 0.3 is 5.97 Å². The van der Waals surface area contributed by atoms with Gasteiger partial charge in [0.05, 0.1) is 29.4 Å². The number of piperidine rings is 1. The second kappa shape index (κ2) is 8.22. The number of furan rings is 1. The molecular formula is C26H29N3O3S. The van der Waals surface area contributed by atoms with Gasteiger partial charge in [0, 0.05) is 34.8 Å². The average molecular weight is 464 g/mol. The number of nitrogens with zero attached hydrogens (tertiary/aromatic N) is 3. The van der Waals surface area contributed by atoms with Crippen LogP contribution in [0.4, 0.5) is 0 Å². The van der Waals surface area contributed by atoms with E-state index in [-0.39, 0.29) is 11.3 Å². The van der Waals surface area contributed by atoms with Crippen LogP contribution in [0.25, 0.3) is 33.1 Å². The third-order valence-corrected chi connectivity index (χ3v) is 7.52. The fraction of sp³-hybridized carbons (Fsp3) is 0.423. The molecule has 0 saturated carbocycles. The summed E-state index contributed by atoms with van der Waals surface area (Å²) >= 11 is 1.45. The summed E-state index contributed by atoms with van der Waals surface area (Å²) in [5.41, 5.74) is 4.67. The molecule has 1 aliphatic rings. The Morgan fingerprint density at radius 2 is 2.09 bits per heavy atom. The molecule has 0 radical (unpaired) electrons. The smallest absolute Gasteiger partial charge is 0.307 e. The van der Waals surface area contributed by atoms with Crippen molar-refractivity contribution in [2.75, 3.05) is 13.1 Å². The molecule has 0 unspecified atom stereocenters. The van der Waals surface area contributed by atoms with Crippen LogP contribution in [-0.4, -0.2) is 38.4 Å². The van der Waals surface area contributed by atoms with Crippen molar-refractivity contribution in [3.63, 3.8) is 0 Å². The Labute approximate surface area is 197 Å². The zero-order chi connectivity index (χ0) is 23.3. The van der Waals surface area contributed by atoms with Crippen LogP contribution in [0.5, 0.6) is 0 Å². The van der Waals surface area contributed by atoms with Crippen molar-refractivity contribution in [1.29, 1.82) is 0 Å². The molecule has 7 heteroatoms. The molecule has 1 fully saturated rings. The predicted molar refractivity (Wildman–Crippen MR) is 131 cm³/mol. The lowest BCUT2D eigenvalue weighted by Crippen LogP contribution is -2.46. The van der Waals surface area contributed by atoms with Gasteiger partial charge in [-0.05, 0) is 54.4 Å². The monoisotopic (exact) mass is 463 g/mol. The highest BCUT2D eigenvalue weighted by Crippen LogP contribution is 2.37. The molecule has 1 N–H and O–H groups in total. The fourth-order valence-electron chi connectivity index (χ4n) is 4.94. The molecule has 0 bridgehead atoms. The third kappa shape index (κ3) is 4.27. The summed E-state index contributed by atoms with van der Waals surface area (Å²) < 4.78 is 10.7. The molecule has 1 saturated heterocycles. The topological polar surface area (TPSA) is 79.5 Å². The Kier molecular flexibility index (Phi) is 5.49. The summed E-state index contributed by atoms with van der Waals surface area (Å²) in [5.74, 6) is 0.120. The number of likely N-dealkylation sites (tertiary alicyclic amines) is 1. The van der Waals surface area contributed by atoms with E-state index in [2.05, 4.69) is 53.6 Å². The first-order chi connectivity index (χ1) is 15.7. The number of aromatic nitrogens is 2. The summed E-state index contributed by atoms with van der Waals surface area (Å²) in [4.78, 5) is 18.9. The molecule has 6 nitrogen and oxygen atoms in total. The standard InChI is InChI=1S/C26H29N3O3S/c1-15-24-16(10-23(27-15)20-6-5-7-22-21(20)14-33-28-22)9-19(32-24)13-29-11-17(25(30)31)8-18(12-29)26(2,3)4/h5-7,9-10,14,17-18H,8,11-13H2,1-4H3,(H,30,31)/t17-,18-/m1/s1. The van der Waals surface area contributed by atoms with Crippen molar-refractivity contribution in [2.24, 2.45) is 17.3 Å². The highest BCUT2D eigenvalue weighted by molar-refractivity contribution is 7.04. The zero-order valence-electron chi connectivity index (χ0n) is 19.5. The molecule has 0 aliphatic carbocycles. The Bertz CT molecular complexity index is 1330. The summed E-state index contributed by atoms with van der Waals surface area (Å²) in [6.45, 7) is 10.6. The molecule has 0 spiro atoms. The molecular weight excluding hydrogens is 434 g/mol. The molecule has 33 heavy (non-hydrogen) atoms. The van der Waals surface area contributed by atoms with Gasteiger partial charge in [0.1, 0.15) is 5.76 Å². The van der Waals surface area contributed by atoms with Gasteiger partial charge in [-0.1, -0.05) is 32.9 Å². The van der Waals surface area contributed by atoms with E-state index in [1.165, 1.54) is 11.5 Å². The van der Waals surface area contributed by atoms with Crippen molar-refractivity contribution in [3.05, 3.63) is 47.2 Å². The molecule has 1 aliphatic heterocycles. The van der Waals surface area contributed by atoms with Gasteiger partial charge in [0.25, 0.3) is 0 Å². The zero-order valence-corrected chi connectivity index (χ0v) is 20.3. The summed E-state index contributed by atoms with van der Waals surface area (Å²) in [7, 11) is 0. The number of aryl methyl sites for hydroxylation is 1. The van der Waals surface area contributed by atoms with E-state index in [9.17, 15) is 9.90 Å². The molecule has 3 aromatic heterocycles. The lowest BCUT2D eigenvalue weighted by Gasteiger charge is -2.41. The first-order valence-corrected chi connectivity index (χ1v) is 12.2. The van der Waals surface area contributed by atoms with Crippen molar-refractivity contribution in [3.8, 4) is 11.3 Å². The number of aliphatic carboxylic acids is 1. The maximum Gasteiger partial charge on any atom is 0.307 e. The minimum atomic E-state index is -0.708. The van der Waals surface area contributed by atoms with Gasteiger partial charge in [-0.2, -0.15) is 4.37 Å². The highest BCUT2D eigenvalue weighted by atomic mass is 32.1. The van der Waals surface area contributed by atoms with E-state index in [1.54, 1.807) is 0 Å². The van der Waals surface area contributed by atoms with E-state index < -0.39 is 5.97 Å². The van der Waals surface area contributed by atoms with E-state index in [0.29, 0.717) is 19.0 Å². The average Bonchev–Trinajstić information content (AvgIpc) is 3.39. The first-order valence-electron chi connectivity index (χ1n) is 11.4. The van der Waals surface area contributed by atoms with Gasteiger partial charge in [0.15, 0.2) is 5.58 Å². The van der Waals surface area contributed by atoms with Crippen LogP contribution in [-0.2, 0) is 11.3 Å². The lowest BCUT2D eigenvalue weighted by atomic mass is 9.73. The SMILES string of the molecule is Cc1nc(-c2cccc3nscc23)cc2cc(CN3C[C@H](C(=O)O)C[C@@H](C(C)(C)C)C3)oc12. The van der Waals surface area contributed by atoms with Gasteiger partial charge < -0.3 is 9.52 Å². The van der Waals surface area contributed by atoms with Gasteiger partial charge in [-0.15, -0.1) is 0 Å². The van der Waals surface area contributed by atoms with Crippen molar-refractivity contribution < 1.29 is 14.3 Å². The summed E-state index contributed by atoms with van der Waals surface area (Å²) in [6.07, 6.45) is 0.727. The van der Waals surface area contributed by atoms with Gasteiger partial charge in [-0.25, -0.2) is 4.98 Å². The lowest BCUT2D eigenvalue weighted by molar-refractivity contribution is -0.145. The minimum Gasteiger partial charge on any atom is -0.481 e. The quantitative estimate of drug-likeness (QED) is 0.401. The molecule has 4 aromatic rings. The number of carbonyl (C=O) groups is 1. The van der Waals surface area contributed by atoms with Crippen LogP contribution < -0.4 is 0 Å². The van der Waals surface area contributed by atoms with Crippen molar-refractivity contribution in [1.82, 2.24) is 14.3 Å². The number of carboxylic acids is 1. The van der Waals surface area contributed by atoms with E-state index >= 15 is 0 Å². The molecule has 5 rings (SSSR count). The van der Waals surface area contributed by atoms with Crippen molar-refractivity contribution >= 4 is 39.4 Å². The van der Waals surface area contributed by atoms with Crippen molar-refractivity contribution in [2.45, 2.75) is 40.7 Å². The van der Waals surface area contributed by atoms with Crippen LogP contribution in [0, 0.1) is 24.2 Å². The Balaban J connectivity index is 1.45. The first kappa shape index (κ1) is 22.0. The van der Waals surface area contributed by atoms with E-state index in [0.717, 1.165) is 57.5 Å². The molecule has 4 heterocycles. The fourth-order valence-corrected chi connectivity index (χ4v) is 5.62. The number of hydrogen-bond donors (Lipinski definition) is 1. The number of hydrogen-bond acceptors (Lipinski definition) is 6. The number of pyridine rings is 1. The van der Waals surface area contributed by atoms with E-state index in [1.807, 2.05) is 19.1 Å². The summed E-state index contributed by atoms with van der Waals surface area (Å²) in [6, 6.07) is 10.3. The Morgan fingerprint density at radius 1 is 1.27 bits per heavy atom. The number of rotatable bonds is 4. The third-order valence-electron chi connectivity index (χ3n) is 6.88. The summed E-state index contributed by atoms with van der Waals surface area (Å²) in [5, 5.41) is 13.9. The maximum absolute atomic E-state index is 11.8. The van der Waals surface area contributed by atoms with Crippen LogP contribution in [0.3, 0.4) is 0 Å². The Morgan fingerprint density at radius 3 is 2.85 bits per heavy atom.